The zero-order valence-corrected chi connectivity index (χ0v) is 6.80. The van der Waals surface area contributed by atoms with Gasteiger partial charge in [0.05, 0.1) is 24.1 Å². The SMILES string of the molecule is O=C(O)N[C@@H]1COC[C@H]1Br. The van der Waals surface area contributed by atoms with Gasteiger partial charge in [0, 0.05) is 0 Å². The van der Waals surface area contributed by atoms with Crippen LogP contribution in [0.5, 0.6) is 0 Å². The summed E-state index contributed by atoms with van der Waals surface area (Å²) >= 11 is 3.28. The fraction of sp³-hybridized carbons (Fsp3) is 0.800. The first-order valence-electron chi connectivity index (χ1n) is 2.91. The number of hydrogen-bond acceptors (Lipinski definition) is 2. The predicted molar refractivity (Wildman–Crippen MR) is 38.5 cm³/mol. The Hall–Kier alpha value is -0.290. The van der Waals surface area contributed by atoms with Crippen molar-refractivity contribution in [2.24, 2.45) is 0 Å². The molecule has 1 rings (SSSR count). The van der Waals surface area contributed by atoms with Crippen LogP contribution in [-0.2, 0) is 4.74 Å². The molecule has 1 saturated heterocycles. The van der Waals surface area contributed by atoms with Crippen LogP contribution < -0.4 is 5.32 Å². The van der Waals surface area contributed by atoms with Crippen LogP contribution in [0.3, 0.4) is 0 Å². The summed E-state index contributed by atoms with van der Waals surface area (Å²) in [5.41, 5.74) is 0. The third-order valence-corrected chi connectivity index (χ3v) is 2.22. The molecular weight excluding hydrogens is 202 g/mol. The minimum atomic E-state index is -1.00. The highest BCUT2D eigenvalue weighted by atomic mass is 79.9. The largest absolute Gasteiger partial charge is 0.465 e. The van der Waals surface area contributed by atoms with Crippen molar-refractivity contribution in [3.8, 4) is 0 Å². The standard InChI is InChI=1S/C5H8BrNO3/c6-3-1-10-2-4(3)7-5(8)9/h3-4,7H,1-2H2,(H,8,9)/t3-,4-/m1/s1. The topological polar surface area (TPSA) is 58.6 Å². The Kier molecular flexibility index (Phi) is 2.50. The van der Waals surface area contributed by atoms with Gasteiger partial charge in [-0.1, -0.05) is 15.9 Å². The summed E-state index contributed by atoms with van der Waals surface area (Å²) in [6.07, 6.45) is -1.00. The molecule has 1 amide bonds. The zero-order valence-electron chi connectivity index (χ0n) is 5.21. The molecule has 1 aliphatic rings. The maximum absolute atomic E-state index is 10.1. The normalized spacial score (nSPS) is 32.1. The van der Waals surface area contributed by atoms with E-state index in [1.165, 1.54) is 0 Å². The van der Waals surface area contributed by atoms with Gasteiger partial charge in [-0.25, -0.2) is 4.79 Å². The van der Waals surface area contributed by atoms with Crippen molar-refractivity contribution < 1.29 is 14.6 Å². The summed E-state index contributed by atoms with van der Waals surface area (Å²) < 4.78 is 5.00. The minimum absolute atomic E-state index is 0.0995. The van der Waals surface area contributed by atoms with Crippen molar-refractivity contribution >= 4 is 22.0 Å². The third kappa shape index (κ3) is 1.85. The first-order chi connectivity index (χ1) is 4.70. The number of halogens is 1. The molecule has 0 spiro atoms. The van der Waals surface area contributed by atoms with Crippen LogP contribution in [0.1, 0.15) is 0 Å². The van der Waals surface area contributed by atoms with Crippen molar-refractivity contribution in [2.75, 3.05) is 13.2 Å². The van der Waals surface area contributed by atoms with Crippen molar-refractivity contribution in [3.05, 3.63) is 0 Å². The van der Waals surface area contributed by atoms with Crippen molar-refractivity contribution in [2.45, 2.75) is 10.9 Å². The molecule has 4 nitrogen and oxygen atoms in total. The van der Waals surface area contributed by atoms with E-state index in [4.69, 9.17) is 9.84 Å². The number of ether oxygens (including phenoxy) is 1. The van der Waals surface area contributed by atoms with Gasteiger partial charge in [-0.05, 0) is 0 Å². The van der Waals surface area contributed by atoms with E-state index in [-0.39, 0.29) is 10.9 Å². The number of alkyl halides is 1. The Morgan fingerprint density at radius 2 is 2.40 bits per heavy atom. The molecule has 1 fully saturated rings. The average Bonchev–Trinajstić information content (AvgIpc) is 2.15. The lowest BCUT2D eigenvalue weighted by molar-refractivity contribution is 0.175. The van der Waals surface area contributed by atoms with Crippen LogP contribution in [-0.4, -0.2) is 35.3 Å². The second-order valence-corrected chi connectivity index (χ2v) is 3.29. The fourth-order valence-corrected chi connectivity index (χ4v) is 1.29. The Labute approximate surface area is 66.7 Å². The molecule has 0 unspecified atom stereocenters. The van der Waals surface area contributed by atoms with Crippen LogP contribution in [0, 0.1) is 0 Å². The second-order valence-electron chi connectivity index (χ2n) is 2.11. The maximum Gasteiger partial charge on any atom is 0.404 e. The minimum Gasteiger partial charge on any atom is -0.465 e. The van der Waals surface area contributed by atoms with Crippen LogP contribution in [0.25, 0.3) is 0 Å². The van der Waals surface area contributed by atoms with Gasteiger partial charge in [-0.15, -0.1) is 0 Å². The maximum atomic E-state index is 10.1. The lowest BCUT2D eigenvalue weighted by Gasteiger charge is -2.10. The number of amides is 1. The summed E-state index contributed by atoms with van der Waals surface area (Å²) in [6.45, 7) is 1.03. The van der Waals surface area contributed by atoms with Gasteiger partial charge in [0.15, 0.2) is 0 Å². The molecular formula is C5H8BrNO3. The third-order valence-electron chi connectivity index (χ3n) is 1.32. The number of carboxylic acid groups (broad SMARTS) is 1. The van der Waals surface area contributed by atoms with Gasteiger partial charge in [0.2, 0.25) is 0 Å². The van der Waals surface area contributed by atoms with Crippen LogP contribution >= 0.6 is 15.9 Å². The van der Waals surface area contributed by atoms with E-state index in [1.54, 1.807) is 0 Å². The first-order valence-corrected chi connectivity index (χ1v) is 3.83. The van der Waals surface area contributed by atoms with Crippen LogP contribution in [0.4, 0.5) is 4.79 Å². The van der Waals surface area contributed by atoms with E-state index in [0.29, 0.717) is 13.2 Å². The monoisotopic (exact) mass is 209 g/mol. The number of nitrogens with one attached hydrogen (secondary N) is 1. The Morgan fingerprint density at radius 3 is 2.80 bits per heavy atom. The molecule has 0 bridgehead atoms. The van der Waals surface area contributed by atoms with Gasteiger partial charge in [-0.2, -0.15) is 0 Å². The zero-order chi connectivity index (χ0) is 7.56. The molecule has 0 saturated carbocycles. The van der Waals surface area contributed by atoms with Gasteiger partial charge >= 0.3 is 6.09 Å². The van der Waals surface area contributed by atoms with E-state index in [2.05, 4.69) is 21.2 Å². The molecule has 0 aromatic carbocycles. The predicted octanol–water partition coefficient (Wildman–Crippen LogP) is 0.416. The smallest absolute Gasteiger partial charge is 0.404 e. The molecule has 10 heavy (non-hydrogen) atoms. The molecule has 0 aromatic heterocycles. The number of carbonyl (C=O) groups is 1. The Bertz CT molecular complexity index is 141. The average molecular weight is 210 g/mol. The molecule has 1 aliphatic heterocycles. The lowest BCUT2D eigenvalue weighted by atomic mass is 10.3. The highest BCUT2D eigenvalue weighted by Crippen LogP contribution is 2.13. The van der Waals surface area contributed by atoms with Crippen molar-refractivity contribution in [1.29, 1.82) is 0 Å². The number of hydrogen-bond donors (Lipinski definition) is 2. The summed E-state index contributed by atoms with van der Waals surface area (Å²) in [5, 5.41) is 10.6. The molecule has 0 radical (unpaired) electrons. The highest BCUT2D eigenvalue weighted by molar-refractivity contribution is 9.09. The Balaban J connectivity index is 2.33. The molecule has 58 valence electrons. The van der Waals surface area contributed by atoms with Crippen LogP contribution in [0.2, 0.25) is 0 Å². The summed E-state index contributed by atoms with van der Waals surface area (Å²) in [5.74, 6) is 0. The molecule has 0 aliphatic carbocycles. The molecule has 0 aromatic rings. The highest BCUT2D eigenvalue weighted by Gasteiger charge is 2.26. The van der Waals surface area contributed by atoms with Crippen molar-refractivity contribution in [1.82, 2.24) is 5.32 Å². The first kappa shape index (κ1) is 7.81. The second kappa shape index (κ2) is 3.21. The van der Waals surface area contributed by atoms with Gasteiger partial charge in [0.25, 0.3) is 0 Å². The van der Waals surface area contributed by atoms with Crippen LogP contribution in [0.15, 0.2) is 0 Å². The van der Waals surface area contributed by atoms with E-state index in [0.717, 1.165) is 0 Å². The van der Waals surface area contributed by atoms with E-state index < -0.39 is 6.09 Å². The van der Waals surface area contributed by atoms with Gasteiger partial charge in [-0.3, -0.25) is 0 Å². The number of rotatable bonds is 1. The van der Waals surface area contributed by atoms with Gasteiger partial charge < -0.3 is 15.2 Å². The summed E-state index contributed by atoms with van der Waals surface area (Å²) in [6, 6.07) is -0.0995. The summed E-state index contributed by atoms with van der Waals surface area (Å²) in [4.78, 5) is 10.2. The van der Waals surface area contributed by atoms with Gasteiger partial charge in [0.1, 0.15) is 0 Å². The fourth-order valence-electron chi connectivity index (χ4n) is 0.819. The van der Waals surface area contributed by atoms with Crippen molar-refractivity contribution in [3.63, 3.8) is 0 Å². The molecule has 1 heterocycles. The van der Waals surface area contributed by atoms with E-state index in [1.807, 2.05) is 0 Å². The van der Waals surface area contributed by atoms with E-state index in [9.17, 15) is 4.79 Å². The molecule has 2 atom stereocenters. The Morgan fingerprint density at radius 1 is 1.70 bits per heavy atom. The molecule has 5 heteroatoms. The lowest BCUT2D eigenvalue weighted by Crippen LogP contribution is -2.39. The van der Waals surface area contributed by atoms with E-state index >= 15 is 0 Å². The summed E-state index contributed by atoms with van der Waals surface area (Å²) in [7, 11) is 0. The quantitative estimate of drug-likeness (QED) is 0.616. The molecule has 2 N–H and O–H groups in total.